The van der Waals surface area contributed by atoms with Gasteiger partial charge in [0, 0.05) is 11.7 Å². The Labute approximate surface area is 82.0 Å². The second kappa shape index (κ2) is 2.70. The molecule has 4 nitrogen and oxygen atoms in total. The van der Waals surface area contributed by atoms with Crippen molar-refractivity contribution in [1.29, 1.82) is 0 Å². The Balaban J connectivity index is 2.05. The molecule has 2 aromatic rings. The summed E-state index contributed by atoms with van der Waals surface area (Å²) in [5.74, 6) is 0.752. The average Bonchev–Trinajstić information content (AvgIpc) is 2.84. The van der Waals surface area contributed by atoms with E-state index in [9.17, 15) is 0 Å². The van der Waals surface area contributed by atoms with Crippen LogP contribution in [0.4, 0.5) is 5.95 Å². The third-order valence-electron chi connectivity index (χ3n) is 2.46. The van der Waals surface area contributed by atoms with Gasteiger partial charge in [-0.3, -0.25) is 0 Å². The van der Waals surface area contributed by atoms with Crippen molar-refractivity contribution in [3.8, 4) is 0 Å². The molecule has 0 bridgehead atoms. The molecule has 0 atom stereocenters. The SMILES string of the molecule is Cc1cccc2nc(NC3CC3)nn12. The van der Waals surface area contributed by atoms with E-state index in [-0.39, 0.29) is 0 Å². The van der Waals surface area contributed by atoms with Gasteiger partial charge < -0.3 is 5.32 Å². The minimum atomic E-state index is 0.604. The molecule has 2 aromatic heterocycles. The second-order valence-corrected chi connectivity index (χ2v) is 3.79. The number of anilines is 1. The fourth-order valence-corrected chi connectivity index (χ4v) is 1.51. The van der Waals surface area contributed by atoms with Gasteiger partial charge in [0.25, 0.3) is 0 Å². The van der Waals surface area contributed by atoms with Crippen LogP contribution < -0.4 is 5.32 Å². The van der Waals surface area contributed by atoms with Crippen LogP contribution in [0, 0.1) is 6.92 Å². The maximum atomic E-state index is 4.39. The first-order valence-electron chi connectivity index (χ1n) is 4.92. The van der Waals surface area contributed by atoms with Crippen LogP contribution in [0.5, 0.6) is 0 Å². The first-order chi connectivity index (χ1) is 6.83. The number of hydrogen-bond acceptors (Lipinski definition) is 3. The Bertz CT molecular complexity index is 470. The summed E-state index contributed by atoms with van der Waals surface area (Å²) < 4.78 is 1.87. The molecule has 72 valence electrons. The van der Waals surface area contributed by atoms with E-state index in [1.54, 1.807) is 0 Å². The number of pyridine rings is 1. The smallest absolute Gasteiger partial charge is 0.243 e. The normalized spacial score (nSPS) is 16.1. The van der Waals surface area contributed by atoms with Crippen LogP contribution in [0.3, 0.4) is 0 Å². The molecule has 0 aromatic carbocycles. The quantitative estimate of drug-likeness (QED) is 0.778. The molecule has 0 radical (unpaired) electrons. The van der Waals surface area contributed by atoms with Gasteiger partial charge in [-0.1, -0.05) is 6.07 Å². The lowest BCUT2D eigenvalue weighted by atomic mass is 10.4. The van der Waals surface area contributed by atoms with Gasteiger partial charge in [0.05, 0.1) is 0 Å². The van der Waals surface area contributed by atoms with Crippen molar-refractivity contribution in [2.24, 2.45) is 0 Å². The first-order valence-corrected chi connectivity index (χ1v) is 4.92. The second-order valence-electron chi connectivity index (χ2n) is 3.79. The van der Waals surface area contributed by atoms with Gasteiger partial charge in [-0.05, 0) is 31.9 Å². The molecule has 1 saturated carbocycles. The molecule has 1 N–H and O–H groups in total. The van der Waals surface area contributed by atoms with Gasteiger partial charge in [0.1, 0.15) is 0 Å². The van der Waals surface area contributed by atoms with Crippen molar-refractivity contribution in [3.63, 3.8) is 0 Å². The van der Waals surface area contributed by atoms with E-state index in [4.69, 9.17) is 0 Å². The third-order valence-corrected chi connectivity index (χ3v) is 2.46. The molecular formula is C10H12N4. The Morgan fingerprint density at radius 3 is 3.00 bits per heavy atom. The van der Waals surface area contributed by atoms with Crippen molar-refractivity contribution in [1.82, 2.24) is 14.6 Å². The molecule has 0 unspecified atom stereocenters. The summed E-state index contributed by atoms with van der Waals surface area (Å²) in [5.41, 5.74) is 2.02. The summed E-state index contributed by atoms with van der Waals surface area (Å²) in [5, 5.41) is 7.68. The molecule has 0 spiro atoms. The molecule has 0 amide bonds. The Morgan fingerprint density at radius 2 is 2.29 bits per heavy atom. The van der Waals surface area contributed by atoms with E-state index < -0.39 is 0 Å². The maximum absolute atomic E-state index is 4.39. The monoisotopic (exact) mass is 188 g/mol. The highest BCUT2D eigenvalue weighted by Gasteiger charge is 2.22. The zero-order valence-corrected chi connectivity index (χ0v) is 8.07. The zero-order chi connectivity index (χ0) is 9.54. The fraction of sp³-hybridized carbons (Fsp3) is 0.400. The van der Waals surface area contributed by atoms with E-state index in [0.29, 0.717) is 6.04 Å². The van der Waals surface area contributed by atoms with E-state index in [1.807, 2.05) is 29.6 Å². The van der Waals surface area contributed by atoms with Crippen LogP contribution in [0.2, 0.25) is 0 Å². The summed E-state index contributed by atoms with van der Waals surface area (Å²) in [6.07, 6.45) is 2.49. The van der Waals surface area contributed by atoms with E-state index >= 15 is 0 Å². The van der Waals surface area contributed by atoms with Crippen molar-refractivity contribution < 1.29 is 0 Å². The number of rotatable bonds is 2. The highest BCUT2D eigenvalue weighted by molar-refractivity contribution is 5.45. The van der Waals surface area contributed by atoms with Crippen LogP contribution in [0.15, 0.2) is 18.2 Å². The Morgan fingerprint density at radius 1 is 1.43 bits per heavy atom. The molecule has 0 saturated heterocycles. The van der Waals surface area contributed by atoms with Crippen molar-refractivity contribution in [2.45, 2.75) is 25.8 Å². The minimum Gasteiger partial charge on any atom is -0.350 e. The van der Waals surface area contributed by atoms with E-state index in [1.165, 1.54) is 12.8 Å². The van der Waals surface area contributed by atoms with Gasteiger partial charge in [-0.15, -0.1) is 5.10 Å². The van der Waals surface area contributed by atoms with Crippen LogP contribution in [0.25, 0.3) is 5.65 Å². The van der Waals surface area contributed by atoms with Gasteiger partial charge in [-0.25, -0.2) is 4.52 Å². The lowest BCUT2D eigenvalue weighted by Crippen LogP contribution is -2.02. The molecule has 3 rings (SSSR count). The van der Waals surface area contributed by atoms with E-state index in [0.717, 1.165) is 17.3 Å². The summed E-state index contributed by atoms with van der Waals surface area (Å²) in [7, 11) is 0. The molecule has 0 aliphatic heterocycles. The third kappa shape index (κ3) is 1.23. The molecular weight excluding hydrogens is 176 g/mol. The van der Waals surface area contributed by atoms with Gasteiger partial charge in [0.2, 0.25) is 5.95 Å². The predicted molar refractivity (Wildman–Crippen MR) is 54.4 cm³/mol. The van der Waals surface area contributed by atoms with Crippen LogP contribution in [-0.4, -0.2) is 20.6 Å². The van der Waals surface area contributed by atoms with E-state index in [2.05, 4.69) is 15.4 Å². The van der Waals surface area contributed by atoms with Crippen LogP contribution in [0.1, 0.15) is 18.5 Å². The summed E-state index contributed by atoms with van der Waals surface area (Å²) in [6, 6.07) is 6.61. The van der Waals surface area contributed by atoms with Gasteiger partial charge >= 0.3 is 0 Å². The summed E-state index contributed by atoms with van der Waals surface area (Å²) in [4.78, 5) is 4.39. The van der Waals surface area contributed by atoms with Gasteiger partial charge in [-0.2, -0.15) is 4.98 Å². The molecule has 1 aliphatic carbocycles. The lowest BCUT2D eigenvalue weighted by molar-refractivity contribution is 0.909. The Kier molecular flexibility index (Phi) is 1.50. The van der Waals surface area contributed by atoms with Crippen molar-refractivity contribution in [2.75, 3.05) is 5.32 Å². The largest absolute Gasteiger partial charge is 0.350 e. The predicted octanol–water partition coefficient (Wildman–Crippen LogP) is 1.61. The number of fused-ring (bicyclic) bond motifs is 1. The number of nitrogens with one attached hydrogen (secondary N) is 1. The Hall–Kier alpha value is -1.58. The van der Waals surface area contributed by atoms with Crippen LogP contribution in [-0.2, 0) is 0 Å². The van der Waals surface area contributed by atoms with Gasteiger partial charge in [0.15, 0.2) is 5.65 Å². The minimum absolute atomic E-state index is 0.604. The number of nitrogens with zero attached hydrogens (tertiary/aromatic N) is 3. The zero-order valence-electron chi connectivity index (χ0n) is 8.07. The van der Waals surface area contributed by atoms with Crippen molar-refractivity contribution in [3.05, 3.63) is 23.9 Å². The summed E-state index contributed by atoms with van der Waals surface area (Å²) in [6.45, 7) is 2.03. The standard InChI is InChI=1S/C10H12N4/c1-7-3-2-4-9-12-10(13-14(7)9)11-8-5-6-8/h2-4,8H,5-6H2,1H3,(H,11,13). The summed E-state index contributed by atoms with van der Waals surface area (Å²) >= 11 is 0. The molecule has 2 heterocycles. The maximum Gasteiger partial charge on any atom is 0.243 e. The first kappa shape index (κ1) is 7.79. The highest BCUT2D eigenvalue weighted by Crippen LogP contribution is 2.23. The van der Waals surface area contributed by atoms with Crippen LogP contribution >= 0.6 is 0 Å². The molecule has 14 heavy (non-hydrogen) atoms. The average molecular weight is 188 g/mol. The topological polar surface area (TPSA) is 42.2 Å². The number of hydrogen-bond donors (Lipinski definition) is 1. The lowest BCUT2D eigenvalue weighted by Gasteiger charge is -1.95. The fourth-order valence-electron chi connectivity index (χ4n) is 1.51. The molecule has 4 heteroatoms. The van der Waals surface area contributed by atoms with Crippen molar-refractivity contribution >= 4 is 11.6 Å². The number of aryl methyl sites for hydroxylation is 1. The highest BCUT2D eigenvalue weighted by atomic mass is 15.4. The molecule has 1 aliphatic rings. The molecule has 1 fully saturated rings. The number of aromatic nitrogens is 3.